The Kier molecular flexibility index (Phi) is 2.87. The number of hydrogen-bond donors (Lipinski definition) is 2. The number of carbonyl (C=O) groups is 2. The standard InChI is InChI=1S/C13H15NO4S/c14-13(12(16)17)4-3-8-9(10(8)13)11(15)18-6-7-2-1-5-19-7/h1-2,5,8-10H,3-4,6,14H2,(H,16,17)/t8-,9-,10-,13-/m0/s1. The second kappa shape index (κ2) is 4.31. The fraction of sp³-hybridized carbons (Fsp3) is 0.538. The normalized spacial score (nSPS) is 35.7. The molecule has 2 saturated carbocycles. The van der Waals surface area contributed by atoms with Crippen molar-refractivity contribution in [2.45, 2.75) is 25.0 Å². The van der Waals surface area contributed by atoms with E-state index in [1.807, 2.05) is 17.5 Å². The van der Waals surface area contributed by atoms with E-state index in [9.17, 15) is 14.7 Å². The van der Waals surface area contributed by atoms with E-state index in [1.165, 1.54) is 11.3 Å². The molecule has 102 valence electrons. The maximum Gasteiger partial charge on any atom is 0.324 e. The van der Waals surface area contributed by atoms with Gasteiger partial charge in [0.05, 0.1) is 5.92 Å². The van der Waals surface area contributed by atoms with Crippen LogP contribution in [0.5, 0.6) is 0 Å². The van der Waals surface area contributed by atoms with Gasteiger partial charge in [-0.25, -0.2) is 0 Å². The van der Waals surface area contributed by atoms with Crippen LogP contribution in [0.15, 0.2) is 17.5 Å². The summed E-state index contributed by atoms with van der Waals surface area (Å²) < 4.78 is 5.24. The average molecular weight is 281 g/mol. The van der Waals surface area contributed by atoms with Crippen LogP contribution in [0.1, 0.15) is 17.7 Å². The quantitative estimate of drug-likeness (QED) is 0.810. The van der Waals surface area contributed by atoms with Crippen molar-refractivity contribution >= 4 is 23.3 Å². The van der Waals surface area contributed by atoms with Crippen molar-refractivity contribution in [2.24, 2.45) is 23.5 Å². The first-order valence-corrected chi connectivity index (χ1v) is 7.13. The van der Waals surface area contributed by atoms with Crippen LogP contribution in [0.3, 0.4) is 0 Å². The van der Waals surface area contributed by atoms with Gasteiger partial charge in [0.25, 0.3) is 0 Å². The molecule has 6 heteroatoms. The molecule has 19 heavy (non-hydrogen) atoms. The van der Waals surface area contributed by atoms with Crippen LogP contribution in [-0.2, 0) is 20.9 Å². The van der Waals surface area contributed by atoms with Crippen LogP contribution in [-0.4, -0.2) is 22.6 Å². The zero-order chi connectivity index (χ0) is 13.6. The van der Waals surface area contributed by atoms with E-state index in [2.05, 4.69) is 0 Å². The van der Waals surface area contributed by atoms with Crippen molar-refractivity contribution in [1.29, 1.82) is 0 Å². The highest BCUT2D eigenvalue weighted by molar-refractivity contribution is 7.09. The minimum absolute atomic E-state index is 0.0944. The number of nitrogens with two attached hydrogens (primary N) is 1. The smallest absolute Gasteiger partial charge is 0.324 e. The molecule has 0 bridgehead atoms. The van der Waals surface area contributed by atoms with Crippen LogP contribution in [0.25, 0.3) is 0 Å². The molecule has 0 aromatic carbocycles. The molecule has 2 aliphatic rings. The Morgan fingerprint density at radius 2 is 2.37 bits per heavy atom. The minimum Gasteiger partial charge on any atom is -0.480 e. The lowest BCUT2D eigenvalue weighted by molar-refractivity contribution is -0.149. The van der Waals surface area contributed by atoms with Gasteiger partial charge < -0.3 is 15.6 Å². The Morgan fingerprint density at radius 3 is 3.00 bits per heavy atom. The van der Waals surface area contributed by atoms with Gasteiger partial charge in [0, 0.05) is 10.8 Å². The van der Waals surface area contributed by atoms with Crippen molar-refractivity contribution in [2.75, 3.05) is 0 Å². The molecule has 1 aromatic heterocycles. The fourth-order valence-electron chi connectivity index (χ4n) is 3.21. The zero-order valence-electron chi connectivity index (χ0n) is 10.2. The van der Waals surface area contributed by atoms with Gasteiger partial charge in [-0.3, -0.25) is 9.59 Å². The average Bonchev–Trinajstić information content (AvgIpc) is 2.72. The predicted octanol–water partition coefficient (Wildman–Crippen LogP) is 1.23. The third-order valence-corrected chi connectivity index (χ3v) is 5.11. The topological polar surface area (TPSA) is 89.6 Å². The lowest BCUT2D eigenvalue weighted by Crippen LogP contribution is -2.49. The molecule has 1 aromatic rings. The molecule has 0 aliphatic heterocycles. The maximum absolute atomic E-state index is 12.0. The first-order valence-electron chi connectivity index (χ1n) is 6.25. The van der Waals surface area contributed by atoms with E-state index in [0.29, 0.717) is 12.8 Å². The molecule has 0 spiro atoms. The summed E-state index contributed by atoms with van der Waals surface area (Å²) in [6.07, 6.45) is 1.15. The van der Waals surface area contributed by atoms with E-state index in [-0.39, 0.29) is 30.3 Å². The van der Waals surface area contributed by atoms with Gasteiger partial charge in [0.2, 0.25) is 0 Å². The van der Waals surface area contributed by atoms with Crippen LogP contribution < -0.4 is 5.73 Å². The van der Waals surface area contributed by atoms with Crippen LogP contribution in [0.2, 0.25) is 0 Å². The number of ether oxygens (including phenoxy) is 1. The molecule has 5 nitrogen and oxygen atoms in total. The number of rotatable bonds is 4. The van der Waals surface area contributed by atoms with Crippen molar-refractivity contribution in [3.8, 4) is 0 Å². The lowest BCUT2D eigenvalue weighted by atomic mass is 9.92. The molecule has 4 atom stereocenters. The highest BCUT2D eigenvalue weighted by atomic mass is 32.1. The summed E-state index contributed by atoms with van der Waals surface area (Å²) in [5, 5.41) is 11.1. The Hall–Kier alpha value is -1.40. The largest absolute Gasteiger partial charge is 0.480 e. The Labute approximate surface area is 114 Å². The monoisotopic (exact) mass is 281 g/mol. The summed E-state index contributed by atoms with van der Waals surface area (Å²) in [4.78, 5) is 24.1. The van der Waals surface area contributed by atoms with Gasteiger partial charge in [0.15, 0.2) is 0 Å². The van der Waals surface area contributed by atoms with Gasteiger partial charge in [-0.2, -0.15) is 0 Å². The van der Waals surface area contributed by atoms with Gasteiger partial charge >= 0.3 is 11.9 Å². The van der Waals surface area contributed by atoms with Crippen molar-refractivity contribution in [3.63, 3.8) is 0 Å². The molecule has 1 heterocycles. The first-order chi connectivity index (χ1) is 9.04. The van der Waals surface area contributed by atoms with E-state index in [0.717, 1.165) is 4.88 Å². The van der Waals surface area contributed by atoms with E-state index in [4.69, 9.17) is 10.5 Å². The number of fused-ring (bicyclic) bond motifs is 1. The summed E-state index contributed by atoms with van der Waals surface area (Å²) in [6.45, 7) is 0.261. The van der Waals surface area contributed by atoms with E-state index < -0.39 is 11.5 Å². The highest BCUT2D eigenvalue weighted by Gasteiger charge is 2.70. The number of carboxylic acid groups (broad SMARTS) is 1. The Morgan fingerprint density at radius 1 is 1.58 bits per heavy atom. The second-order valence-electron chi connectivity index (χ2n) is 5.29. The van der Waals surface area contributed by atoms with Gasteiger partial charge in [-0.05, 0) is 30.2 Å². The second-order valence-corrected chi connectivity index (χ2v) is 6.32. The molecule has 3 rings (SSSR count). The fourth-order valence-corrected chi connectivity index (χ4v) is 3.83. The van der Waals surface area contributed by atoms with Gasteiger partial charge in [0.1, 0.15) is 12.1 Å². The SMILES string of the molecule is N[C@@]1(C(=O)O)CC[C@H]2[C@H](C(=O)OCc3cccs3)[C@H]21. The van der Waals surface area contributed by atoms with E-state index in [1.54, 1.807) is 0 Å². The number of thiophene rings is 1. The van der Waals surface area contributed by atoms with E-state index >= 15 is 0 Å². The first kappa shape index (κ1) is 12.6. The molecular formula is C13H15NO4S. The molecule has 3 N–H and O–H groups in total. The minimum atomic E-state index is -1.24. The third-order valence-electron chi connectivity index (χ3n) is 4.26. The molecular weight excluding hydrogens is 266 g/mol. The molecule has 0 saturated heterocycles. The maximum atomic E-state index is 12.0. The van der Waals surface area contributed by atoms with Crippen molar-refractivity contribution < 1.29 is 19.4 Å². The molecule has 0 radical (unpaired) electrons. The summed E-state index contributed by atoms with van der Waals surface area (Å²) in [7, 11) is 0. The summed E-state index contributed by atoms with van der Waals surface area (Å²) in [6, 6.07) is 3.80. The number of esters is 1. The molecule has 0 unspecified atom stereocenters. The predicted molar refractivity (Wildman–Crippen MR) is 68.4 cm³/mol. The molecule has 0 amide bonds. The van der Waals surface area contributed by atoms with Crippen molar-refractivity contribution in [1.82, 2.24) is 0 Å². The number of carboxylic acids is 1. The third kappa shape index (κ3) is 1.95. The summed E-state index contributed by atoms with van der Waals surface area (Å²) in [5.41, 5.74) is 4.66. The van der Waals surface area contributed by atoms with Crippen LogP contribution in [0, 0.1) is 17.8 Å². The van der Waals surface area contributed by atoms with Crippen molar-refractivity contribution in [3.05, 3.63) is 22.4 Å². The van der Waals surface area contributed by atoms with Gasteiger partial charge in [-0.1, -0.05) is 6.07 Å². The van der Waals surface area contributed by atoms with Crippen LogP contribution >= 0.6 is 11.3 Å². The Balaban J connectivity index is 1.60. The summed E-state index contributed by atoms with van der Waals surface area (Å²) in [5.74, 6) is -1.79. The summed E-state index contributed by atoms with van der Waals surface area (Å²) >= 11 is 1.53. The van der Waals surface area contributed by atoms with Gasteiger partial charge in [-0.15, -0.1) is 11.3 Å². The Bertz CT molecular complexity index is 515. The van der Waals surface area contributed by atoms with Crippen LogP contribution in [0.4, 0.5) is 0 Å². The lowest BCUT2D eigenvalue weighted by Gasteiger charge is -2.21. The highest BCUT2D eigenvalue weighted by Crippen LogP contribution is 2.61. The molecule has 2 fully saturated rings. The number of aliphatic carboxylic acids is 1. The number of carbonyl (C=O) groups excluding carboxylic acids is 1. The molecule has 2 aliphatic carbocycles. The number of hydrogen-bond acceptors (Lipinski definition) is 5. The zero-order valence-corrected chi connectivity index (χ0v) is 11.1.